The second kappa shape index (κ2) is 11.1. The maximum absolute atomic E-state index is 13.3. The Bertz CT molecular complexity index is 824. The van der Waals surface area contributed by atoms with Crippen molar-refractivity contribution in [2.45, 2.75) is 26.6 Å². The number of nitrogens with one attached hydrogen (secondary N) is 2. The summed E-state index contributed by atoms with van der Waals surface area (Å²) < 4.78 is 18.8. The van der Waals surface area contributed by atoms with Crippen LogP contribution in [0.3, 0.4) is 0 Å². The molecule has 0 radical (unpaired) electrons. The first kappa shape index (κ1) is 21.6. The van der Waals surface area contributed by atoms with Gasteiger partial charge in [-0.25, -0.2) is 9.38 Å². The van der Waals surface area contributed by atoms with Gasteiger partial charge in [-0.15, -0.1) is 0 Å². The molecule has 0 unspecified atom stereocenters. The van der Waals surface area contributed by atoms with Gasteiger partial charge in [0.25, 0.3) is 0 Å². The van der Waals surface area contributed by atoms with Gasteiger partial charge in [0, 0.05) is 32.7 Å². The third-order valence-electron chi connectivity index (χ3n) is 4.81. The van der Waals surface area contributed by atoms with Gasteiger partial charge in [0.2, 0.25) is 0 Å². The van der Waals surface area contributed by atoms with Gasteiger partial charge in [0.05, 0.1) is 24.8 Å². The lowest BCUT2D eigenvalue weighted by molar-refractivity contribution is 0.0341. The lowest BCUT2D eigenvalue weighted by Crippen LogP contribution is -2.38. The van der Waals surface area contributed by atoms with Crippen molar-refractivity contribution in [3.8, 4) is 0 Å². The molecule has 1 aliphatic heterocycles. The molecule has 0 atom stereocenters. The van der Waals surface area contributed by atoms with Crippen LogP contribution in [0.15, 0.2) is 47.5 Å². The summed E-state index contributed by atoms with van der Waals surface area (Å²) in [5, 5.41) is 6.77. The lowest BCUT2D eigenvalue weighted by Gasteiger charge is -2.27. The molecule has 156 valence electrons. The van der Waals surface area contributed by atoms with Gasteiger partial charge in [-0.05, 0) is 35.7 Å². The Hall–Kier alpha value is -2.15. The lowest BCUT2D eigenvalue weighted by atomic mass is 10.1. The molecule has 0 saturated carbocycles. The van der Waals surface area contributed by atoms with E-state index in [9.17, 15) is 4.39 Å². The summed E-state index contributed by atoms with van der Waals surface area (Å²) in [6, 6.07) is 13.1. The Morgan fingerprint density at radius 2 is 1.90 bits per heavy atom. The van der Waals surface area contributed by atoms with Crippen LogP contribution in [0.2, 0.25) is 5.02 Å². The molecule has 1 fully saturated rings. The summed E-state index contributed by atoms with van der Waals surface area (Å²) in [5.74, 6) is 0.301. The second-order valence-corrected chi connectivity index (χ2v) is 7.36. The van der Waals surface area contributed by atoms with E-state index in [1.165, 1.54) is 17.2 Å². The quantitative estimate of drug-likeness (QED) is 0.533. The van der Waals surface area contributed by atoms with Crippen LogP contribution in [0.25, 0.3) is 0 Å². The fourth-order valence-electron chi connectivity index (χ4n) is 3.21. The summed E-state index contributed by atoms with van der Waals surface area (Å²) >= 11 is 5.86. The highest BCUT2D eigenvalue weighted by atomic mass is 35.5. The number of benzene rings is 2. The Morgan fingerprint density at radius 1 is 1.14 bits per heavy atom. The normalized spacial score (nSPS) is 15.3. The van der Waals surface area contributed by atoms with E-state index in [-0.39, 0.29) is 5.02 Å². The zero-order valence-electron chi connectivity index (χ0n) is 16.8. The van der Waals surface area contributed by atoms with Crippen molar-refractivity contribution < 1.29 is 9.13 Å². The van der Waals surface area contributed by atoms with Gasteiger partial charge < -0.3 is 15.4 Å². The highest BCUT2D eigenvalue weighted by molar-refractivity contribution is 6.30. The van der Waals surface area contributed by atoms with Crippen LogP contribution in [-0.2, 0) is 24.4 Å². The number of guanidine groups is 1. The Labute approximate surface area is 176 Å². The molecule has 3 rings (SSSR count). The second-order valence-electron chi connectivity index (χ2n) is 6.95. The van der Waals surface area contributed by atoms with Gasteiger partial charge in [0.1, 0.15) is 5.82 Å². The number of morpholine rings is 1. The number of nitrogens with zero attached hydrogens (tertiary/aromatic N) is 2. The number of hydrogen-bond donors (Lipinski definition) is 2. The van der Waals surface area contributed by atoms with E-state index < -0.39 is 5.82 Å². The Kier molecular flexibility index (Phi) is 8.28. The van der Waals surface area contributed by atoms with Crippen LogP contribution in [-0.4, -0.2) is 43.7 Å². The van der Waals surface area contributed by atoms with Crippen molar-refractivity contribution in [2.24, 2.45) is 4.99 Å². The first-order chi connectivity index (χ1) is 14.2. The van der Waals surface area contributed by atoms with Crippen molar-refractivity contribution in [3.63, 3.8) is 0 Å². The molecular formula is C22H28ClFN4O. The fourth-order valence-corrected chi connectivity index (χ4v) is 3.42. The minimum atomic E-state index is -0.415. The van der Waals surface area contributed by atoms with Crippen molar-refractivity contribution >= 4 is 17.6 Å². The van der Waals surface area contributed by atoms with Gasteiger partial charge in [-0.2, -0.15) is 0 Å². The molecule has 0 aromatic heterocycles. The van der Waals surface area contributed by atoms with Gasteiger partial charge >= 0.3 is 0 Å². The number of aliphatic imine (C=N–C) groups is 1. The predicted octanol–water partition coefficient (Wildman–Crippen LogP) is 3.57. The summed E-state index contributed by atoms with van der Waals surface area (Å²) in [7, 11) is 0. The van der Waals surface area contributed by atoms with E-state index in [1.54, 1.807) is 12.1 Å². The molecule has 0 spiro atoms. The largest absolute Gasteiger partial charge is 0.379 e. The molecule has 2 aromatic carbocycles. The number of hydrogen-bond acceptors (Lipinski definition) is 3. The summed E-state index contributed by atoms with van der Waals surface area (Å²) in [6.45, 7) is 8.32. The molecule has 1 heterocycles. The molecule has 0 amide bonds. The van der Waals surface area contributed by atoms with Crippen molar-refractivity contribution in [2.75, 3.05) is 32.8 Å². The van der Waals surface area contributed by atoms with Crippen LogP contribution in [0, 0.1) is 5.82 Å². The van der Waals surface area contributed by atoms with Gasteiger partial charge in [0.15, 0.2) is 5.96 Å². The highest BCUT2D eigenvalue weighted by Crippen LogP contribution is 2.16. The average Bonchev–Trinajstić information content (AvgIpc) is 2.74. The first-order valence-electron chi connectivity index (χ1n) is 9.98. The predicted molar refractivity (Wildman–Crippen MR) is 116 cm³/mol. The molecule has 2 aromatic rings. The van der Waals surface area contributed by atoms with Crippen LogP contribution in [0.4, 0.5) is 4.39 Å². The smallest absolute Gasteiger partial charge is 0.191 e. The maximum atomic E-state index is 13.3. The van der Waals surface area contributed by atoms with Crippen LogP contribution < -0.4 is 10.6 Å². The van der Waals surface area contributed by atoms with Gasteiger partial charge in [-0.3, -0.25) is 4.90 Å². The molecule has 1 aliphatic rings. The van der Waals surface area contributed by atoms with Crippen molar-refractivity contribution in [1.82, 2.24) is 15.5 Å². The molecule has 0 bridgehead atoms. The number of ether oxygens (including phenoxy) is 1. The Balaban J connectivity index is 1.63. The third kappa shape index (κ3) is 6.70. The van der Waals surface area contributed by atoms with Crippen LogP contribution in [0.5, 0.6) is 0 Å². The molecule has 1 saturated heterocycles. The SMILES string of the molecule is CCNC(=NCc1ccc(F)c(Cl)c1)NCc1ccccc1CN1CCOCC1. The number of halogens is 2. The first-order valence-corrected chi connectivity index (χ1v) is 10.4. The summed E-state index contributed by atoms with van der Waals surface area (Å²) in [4.78, 5) is 7.02. The van der Waals surface area contributed by atoms with E-state index in [0.29, 0.717) is 19.0 Å². The van der Waals surface area contributed by atoms with E-state index in [1.807, 2.05) is 6.92 Å². The summed E-state index contributed by atoms with van der Waals surface area (Å²) in [5.41, 5.74) is 3.42. The van der Waals surface area contributed by atoms with E-state index in [0.717, 1.165) is 45.0 Å². The van der Waals surface area contributed by atoms with E-state index >= 15 is 0 Å². The van der Waals surface area contributed by atoms with Crippen molar-refractivity contribution in [1.29, 1.82) is 0 Å². The zero-order chi connectivity index (χ0) is 20.5. The standard InChI is InChI=1S/C22H28ClFN4O/c1-2-25-22(26-14-17-7-8-21(24)20(23)13-17)27-15-18-5-3-4-6-19(18)16-28-9-11-29-12-10-28/h3-8,13H,2,9-12,14-16H2,1H3,(H2,25,26,27). The molecule has 7 heteroatoms. The Morgan fingerprint density at radius 3 is 2.62 bits per heavy atom. The third-order valence-corrected chi connectivity index (χ3v) is 5.10. The van der Waals surface area contributed by atoms with Gasteiger partial charge in [-0.1, -0.05) is 41.9 Å². The number of rotatable bonds is 7. The van der Waals surface area contributed by atoms with Crippen LogP contribution in [0.1, 0.15) is 23.6 Å². The minimum absolute atomic E-state index is 0.118. The monoisotopic (exact) mass is 418 g/mol. The average molecular weight is 419 g/mol. The minimum Gasteiger partial charge on any atom is -0.379 e. The molecule has 5 nitrogen and oxygen atoms in total. The topological polar surface area (TPSA) is 48.9 Å². The highest BCUT2D eigenvalue weighted by Gasteiger charge is 2.12. The zero-order valence-corrected chi connectivity index (χ0v) is 17.5. The molecule has 2 N–H and O–H groups in total. The maximum Gasteiger partial charge on any atom is 0.191 e. The molecule has 0 aliphatic carbocycles. The molecule has 29 heavy (non-hydrogen) atoms. The van der Waals surface area contributed by atoms with E-state index in [4.69, 9.17) is 16.3 Å². The van der Waals surface area contributed by atoms with Crippen LogP contribution >= 0.6 is 11.6 Å². The van der Waals surface area contributed by atoms with Crippen molar-refractivity contribution in [3.05, 3.63) is 70.0 Å². The van der Waals surface area contributed by atoms with E-state index in [2.05, 4.69) is 44.8 Å². The summed E-state index contributed by atoms with van der Waals surface area (Å²) in [6.07, 6.45) is 0. The fraction of sp³-hybridized carbons (Fsp3) is 0.409. The molecular weight excluding hydrogens is 391 g/mol.